The molecule has 3 N–H and O–H groups in total. The zero-order valence-electron chi connectivity index (χ0n) is 11.2. The lowest BCUT2D eigenvalue weighted by Gasteiger charge is -2.09. The predicted octanol–water partition coefficient (Wildman–Crippen LogP) is 2.34. The van der Waals surface area contributed by atoms with Crippen molar-refractivity contribution in [2.45, 2.75) is 6.92 Å². The number of anilines is 3. The molecule has 0 fully saturated rings. The smallest absolute Gasteiger partial charge is 0.241 e. The number of aryl methyl sites for hydroxylation is 1. The van der Waals surface area contributed by atoms with Crippen LogP contribution in [0.25, 0.3) is 5.95 Å². The Kier molecular flexibility index (Phi) is 3.41. The first-order valence-corrected chi connectivity index (χ1v) is 6.53. The number of halogens is 1. The van der Waals surface area contributed by atoms with Gasteiger partial charge in [0.15, 0.2) is 0 Å². The van der Waals surface area contributed by atoms with Crippen LogP contribution in [0.2, 0.25) is 5.02 Å². The normalized spacial score (nSPS) is 10.6. The number of nitrogens with two attached hydrogens (primary N) is 1. The van der Waals surface area contributed by atoms with E-state index in [1.54, 1.807) is 29.4 Å². The van der Waals surface area contributed by atoms with Crippen LogP contribution in [0, 0.1) is 6.92 Å². The fourth-order valence-corrected chi connectivity index (χ4v) is 1.95. The molecule has 0 saturated carbocycles. The summed E-state index contributed by atoms with van der Waals surface area (Å²) in [4.78, 5) is 16.4. The predicted molar refractivity (Wildman–Crippen MR) is 80.8 cm³/mol. The van der Waals surface area contributed by atoms with Gasteiger partial charge in [0.05, 0.1) is 10.7 Å². The van der Waals surface area contributed by atoms with Gasteiger partial charge in [0.2, 0.25) is 17.8 Å². The zero-order chi connectivity index (χ0) is 14.8. The number of nitrogen functional groups attached to an aromatic ring is 1. The molecule has 21 heavy (non-hydrogen) atoms. The molecule has 0 saturated heterocycles. The summed E-state index contributed by atoms with van der Waals surface area (Å²) in [5, 5.41) is 3.62. The molecule has 0 aliphatic heterocycles. The fourth-order valence-electron chi connectivity index (χ4n) is 1.78. The van der Waals surface area contributed by atoms with Crippen LogP contribution < -0.4 is 11.1 Å². The van der Waals surface area contributed by atoms with Gasteiger partial charge >= 0.3 is 0 Å². The molecule has 8 heteroatoms. The third kappa shape index (κ3) is 2.92. The molecule has 1 aromatic carbocycles. The van der Waals surface area contributed by atoms with Crippen LogP contribution in [-0.2, 0) is 0 Å². The van der Waals surface area contributed by atoms with Crippen LogP contribution in [-0.4, -0.2) is 24.5 Å². The molecule has 0 unspecified atom stereocenters. The number of nitrogens with one attached hydrogen (secondary N) is 1. The van der Waals surface area contributed by atoms with Crippen LogP contribution in [0.3, 0.4) is 0 Å². The van der Waals surface area contributed by atoms with Gasteiger partial charge in [-0.15, -0.1) is 0 Å². The van der Waals surface area contributed by atoms with Crippen molar-refractivity contribution in [3.8, 4) is 5.95 Å². The lowest BCUT2D eigenvalue weighted by molar-refractivity contribution is 0.906. The molecule has 0 spiro atoms. The summed E-state index contributed by atoms with van der Waals surface area (Å²) in [6, 6.07) is 5.63. The second-order valence-corrected chi connectivity index (χ2v) is 4.80. The minimum atomic E-state index is 0.111. The van der Waals surface area contributed by atoms with Gasteiger partial charge in [0.1, 0.15) is 6.33 Å². The van der Waals surface area contributed by atoms with E-state index in [1.165, 1.54) is 0 Å². The summed E-state index contributed by atoms with van der Waals surface area (Å²) in [5.41, 5.74) is 7.49. The third-order valence-electron chi connectivity index (χ3n) is 2.74. The molecule has 0 amide bonds. The Balaban J connectivity index is 1.97. The molecule has 2 heterocycles. The molecule has 3 rings (SSSR count). The van der Waals surface area contributed by atoms with E-state index in [2.05, 4.69) is 25.3 Å². The van der Waals surface area contributed by atoms with Crippen molar-refractivity contribution < 1.29 is 0 Å². The monoisotopic (exact) mass is 301 g/mol. The topological polar surface area (TPSA) is 94.5 Å². The second kappa shape index (κ2) is 5.37. The maximum absolute atomic E-state index is 6.15. The van der Waals surface area contributed by atoms with Gasteiger partial charge in [-0.05, 0) is 24.6 Å². The molecular formula is C13H12ClN7. The lowest BCUT2D eigenvalue weighted by atomic mass is 10.2. The summed E-state index contributed by atoms with van der Waals surface area (Å²) in [6.07, 6.45) is 4.93. The molecule has 0 aliphatic carbocycles. The van der Waals surface area contributed by atoms with Gasteiger partial charge in [-0.3, -0.25) is 4.57 Å². The number of imidazole rings is 1. The first kappa shape index (κ1) is 13.3. The van der Waals surface area contributed by atoms with E-state index in [-0.39, 0.29) is 5.95 Å². The highest BCUT2D eigenvalue weighted by atomic mass is 35.5. The number of hydrogen-bond donors (Lipinski definition) is 2. The van der Waals surface area contributed by atoms with E-state index in [9.17, 15) is 0 Å². The second-order valence-electron chi connectivity index (χ2n) is 4.40. The van der Waals surface area contributed by atoms with Gasteiger partial charge < -0.3 is 11.1 Å². The zero-order valence-corrected chi connectivity index (χ0v) is 11.9. The lowest BCUT2D eigenvalue weighted by Crippen LogP contribution is -2.08. The summed E-state index contributed by atoms with van der Waals surface area (Å²) in [5.74, 6) is 0.810. The highest BCUT2D eigenvalue weighted by Crippen LogP contribution is 2.25. The van der Waals surface area contributed by atoms with Gasteiger partial charge in [0.25, 0.3) is 0 Å². The molecule has 7 nitrogen and oxygen atoms in total. The molecule has 0 radical (unpaired) electrons. The number of hydrogen-bond acceptors (Lipinski definition) is 6. The Morgan fingerprint density at radius 2 is 2.10 bits per heavy atom. The van der Waals surface area contributed by atoms with Crippen molar-refractivity contribution in [2.24, 2.45) is 0 Å². The van der Waals surface area contributed by atoms with Gasteiger partial charge in [0, 0.05) is 12.4 Å². The Hall–Kier alpha value is -2.67. The van der Waals surface area contributed by atoms with Gasteiger partial charge in [-0.2, -0.15) is 15.0 Å². The average molecular weight is 302 g/mol. The van der Waals surface area contributed by atoms with Crippen molar-refractivity contribution >= 4 is 29.2 Å². The van der Waals surface area contributed by atoms with Crippen molar-refractivity contribution in [3.63, 3.8) is 0 Å². The summed E-state index contributed by atoms with van der Waals surface area (Å²) in [7, 11) is 0. The van der Waals surface area contributed by atoms with E-state index in [0.29, 0.717) is 22.6 Å². The van der Waals surface area contributed by atoms with E-state index in [4.69, 9.17) is 17.3 Å². The quantitative estimate of drug-likeness (QED) is 0.771. The van der Waals surface area contributed by atoms with Crippen LogP contribution in [0.4, 0.5) is 17.6 Å². The first-order chi connectivity index (χ1) is 10.1. The molecule has 106 valence electrons. The summed E-state index contributed by atoms with van der Waals surface area (Å²) < 4.78 is 1.64. The number of rotatable bonds is 3. The minimum absolute atomic E-state index is 0.111. The third-order valence-corrected chi connectivity index (χ3v) is 3.07. The molecule has 0 aliphatic rings. The molecular weight excluding hydrogens is 290 g/mol. The van der Waals surface area contributed by atoms with Gasteiger partial charge in [-0.25, -0.2) is 4.98 Å². The van der Waals surface area contributed by atoms with Crippen LogP contribution in [0.1, 0.15) is 5.56 Å². The first-order valence-electron chi connectivity index (χ1n) is 6.15. The van der Waals surface area contributed by atoms with E-state index >= 15 is 0 Å². The van der Waals surface area contributed by atoms with Crippen molar-refractivity contribution in [3.05, 3.63) is 47.5 Å². The van der Waals surface area contributed by atoms with Crippen LogP contribution in [0.5, 0.6) is 0 Å². The Morgan fingerprint density at radius 3 is 2.86 bits per heavy atom. The maximum atomic E-state index is 6.15. The Labute approximate surface area is 125 Å². The van der Waals surface area contributed by atoms with Crippen molar-refractivity contribution in [1.82, 2.24) is 24.5 Å². The molecule has 2 aromatic heterocycles. The molecule has 0 bridgehead atoms. The maximum Gasteiger partial charge on any atom is 0.241 e. The number of nitrogens with zero attached hydrogens (tertiary/aromatic N) is 5. The van der Waals surface area contributed by atoms with E-state index < -0.39 is 0 Å². The van der Waals surface area contributed by atoms with Crippen molar-refractivity contribution in [2.75, 3.05) is 11.1 Å². The standard InChI is InChI=1S/C13H12ClN7/c1-8-2-3-9(14)10(6-8)17-12-18-11(15)19-13(20-12)21-5-4-16-7-21/h2-7H,1H3,(H3,15,17,18,19,20). The summed E-state index contributed by atoms with van der Waals surface area (Å²) >= 11 is 6.15. The number of aromatic nitrogens is 5. The average Bonchev–Trinajstić information content (AvgIpc) is 2.96. The number of benzene rings is 1. The van der Waals surface area contributed by atoms with Crippen LogP contribution in [0.15, 0.2) is 36.9 Å². The fraction of sp³-hybridized carbons (Fsp3) is 0.0769. The van der Waals surface area contributed by atoms with Gasteiger partial charge in [-0.1, -0.05) is 17.7 Å². The minimum Gasteiger partial charge on any atom is -0.368 e. The largest absolute Gasteiger partial charge is 0.368 e. The molecule has 3 aromatic rings. The summed E-state index contributed by atoms with van der Waals surface area (Å²) in [6.45, 7) is 1.97. The highest BCUT2D eigenvalue weighted by molar-refractivity contribution is 6.33. The van der Waals surface area contributed by atoms with E-state index in [0.717, 1.165) is 5.56 Å². The SMILES string of the molecule is Cc1ccc(Cl)c(Nc2nc(N)nc(-n3ccnc3)n2)c1. The Bertz CT molecular complexity index is 770. The Morgan fingerprint density at radius 1 is 1.24 bits per heavy atom. The van der Waals surface area contributed by atoms with Crippen LogP contribution >= 0.6 is 11.6 Å². The molecule has 0 atom stereocenters. The van der Waals surface area contributed by atoms with Crippen molar-refractivity contribution in [1.29, 1.82) is 0 Å². The van der Waals surface area contributed by atoms with E-state index in [1.807, 2.05) is 19.1 Å². The highest BCUT2D eigenvalue weighted by Gasteiger charge is 2.08.